The van der Waals surface area contributed by atoms with Crippen LogP contribution in [0, 0.1) is 0 Å². The Morgan fingerprint density at radius 2 is 2.10 bits per heavy atom. The molecule has 1 unspecified atom stereocenters. The number of methoxy groups -OCH3 is 1. The minimum atomic E-state index is -0.720. The van der Waals surface area contributed by atoms with Crippen LogP contribution >= 0.6 is 0 Å². The van der Waals surface area contributed by atoms with Gasteiger partial charge in [0.05, 0.1) is 26.2 Å². The van der Waals surface area contributed by atoms with Crippen molar-refractivity contribution >= 4 is 23.5 Å². The van der Waals surface area contributed by atoms with Crippen LogP contribution in [0.4, 0.5) is 5.69 Å². The van der Waals surface area contributed by atoms with Gasteiger partial charge in [-0.1, -0.05) is 13.0 Å². The van der Waals surface area contributed by atoms with Crippen molar-refractivity contribution in [3.8, 4) is 5.75 Å². The Bertz CT molecular complexity index is 697. The third-order valence-electron chi connectivity index (χ3n) is 4.29. The van der Waals surface area contributed by atoms with Crippen molar-refractivity contribution in [2.75, 3.05) is 51.9 Å². The van der Waals surface area contributed by atoms with E-state index in [0.717, 1.165) is 0 Å². The van der Waals surface area contributed by atoms with E-state index in [1.165, 1.54) is 0 Å². The zero-order valence-corrected chi connectivity index (χ0v) is 16.9. The highest BCUT2D eigenvalue weighted by Crippen LogP contribution is 2.18. The lowest BCUT2D eigenvalue weighted by Gasteiger charge is -2.33. The number of piperazine rings is 1. The zero-order chi connectivity index (χ0) is 21.1. The van der Waals surface area contributed by atoms with Gasteiger partial charge in [0.15, 0.2) is 0 Å². The summed E-state index contributed by atoms with van der Waals surface area (Å²) >= 11 is 0. The van der Waals surface area contributed by atoms with Crippen LogP contribution in [0.2, 0.25) is 0 Å². The Morgan fingerprint density at radius 1 is 1.28 bits per heavy atom. The van der Waals surface area contributed by atoms with Gasteiger partial charge in [0, 0.05) is 32.0 Å². The average molecular weight is 407 g/mol. The number of carbonyl (C=O) groups is 3. The molecule has 0 saturated carbocycles. The second kappa shape index (κ2) is 12.0. The fourth-order valence-corrected chi connectivity index (χ4v) is 2.90. The maximum Gasteiger partial charge on any atom is 0.307 e. The lowest BCUT2D eigenvalue weighted by atomic mass is 10.1. The molecule has 0 bridgehead atoms. The van der Waals surface area contributed by atoms with Gasteiger partial charge >= 0.3 is 5.97 Å². The second-order valence-electron chi connectivity index (χ2n) is 6.62. The van der Waals surface area contributed by atoms with Gasteiger partial charge in [-0.2, -0.15) is 0 Å². The molecule has 1 aromatic carbocycles. The number of hydrogen-bond acceptors (Lipinski definition) is 7. The molecule has 2 rings (SSSR count). The highest BCUT2D eigenvalue weighted by atomic mass is 16.5. The van der Waals surface area contributed by atoms with Gasteiger partial charge in [0.1, 0.15) is 18.4 Å². The number of hydrogen-bond donors (Lipinski definition) is 2. The summed E-state index contributed by atoms with van der Waals surface area (Å²) in [4.78, 5) is 38.3. The van der Waals surface area contributed by atoms with Crippen LogP contribution in [-0.4, -0.2) is 75.3 Å². The molecule has 1 fully saturated rings. The molecular weight excluding hydrogens is 378 g/mol. The molecule has 0 spiro atoms. The average Bonchev–Trinajstić information content (AvgIpc) is 2.69. The lowest BCUT2D eigenvalue weighted by Crippen LogP contribution is -2.57. The predicted octanol–water partition coefficient (Wildman–Crippen LogP) is 0.794. The van der Waals surface area contributed by atoms with Gasteiger partial charge < -0.3 is 24.8 Å². The standard InChI is InChI=1S/C20H29N3O6/c1-3-9-29-19(25)13-17-20(26)21-7-8-23(17)14-18(24)22-15-5-4-6-16(12-15)28-11-10-27-2/h4-6,12,17H,3,7-11,13-14H2,1-2H3,(H,21,26)(H,22,24). The Morgan fingerprint density at radius 3 is 2.86 bits per heavy atom. The summed E-state index contributed by atoms with van der Waals surface area (Å²) in [5.74, 6) is -0.374. The minimum absolute atomic E-state index is 0.00605. The van der Waals surface area contributed by atoms with Crippen molar-refractivity contribution < 1.29 is 28.6 Å². The van der Waals surface area contributed by atoms with E-state index in [2.05, 4.69) is 10.6 Å². The highest BCUT2D eigenvalue weighted by molar-refractivity contribution is 5.93. The quantitative estimate of drug-likeness (QED) is 0.413. The summed E-state index contributed by atoms with van der Waals surface area (Å²) in [6, 6.07) is 6.32. The number of benzene rings is 1. The van der Waals surface area contributed by atoms with Crippen molar-refractivity contribution in [1.29, 1.82) is 0 Å². The summed E-state index contributed by atoms with van der Waals surface area (Å²) in [5.41, 5.74) is 0.588. The molecular formula is C20H29N3O6. The zero-order valence-electron chi connectivity index (χ0n) is 16.9. The van der Waals surface area contributed by atoms with Crippen LogP contribution in [0.25, 0.3) is 0 Å². The smallest absolute Gasteiger partial charge is 0.307 e. The SMILES string of the molecule is CCCOC(=O)CC1C(=O)NCCN1CC(=O)Nc1cccc(OCCOC)c1. The monoisotopic (exact) mass is 407 g/mol. The molecule has 1 heterocycles. The van der Waals surface area contributed by atoms with Crippen molar-refractivity contribution in [3.63, 3.8) is 0 Å². The Hall–Kier alpha value is -2.65. The summed E-state index contributed by atoms with van der Waals surface area (Å²) in [6.07, 6.45) is 0.630. The van der Waals surface area contributed by atoms with Gasteiger partial charge in [0.2, 0.25) is 11.8 Å². The van der Waals surface area contributed by atoms with Gasteiger partial charge in [0.25, 0.3) is 0 Å². The van der Waals surface area contributed by atoms with E-state index in [0.29, 0.717) is 50.8 Å². The van der Waals surface area contributed by atoms with Crippen LogP contribution < -0.4 is 15.4 Å². The maximum absolute atomic E-state index is 12.5. The number of rotatable bonds is 11. The molecule has 1 saturated heterocycles. The van der Waals surface area contributed by atoms with Crippen LogP contribution in [-0.2, 0) is 23.9 Å². The van der Waals surface area contributed by atoms with E-state index < -0.39 is 12.0 Å². The van der Waals surface area contributed by atoms with E-state index in [-0.39, 0.29) is 24.8 Å². The molecule has 9 nitrogen and oxygen atoms in total. The molecule has 160 valence electrons. The van der Waals surface area contributed by atoms with Gasteiger partial charge in [-0.25, -0.2) is 0 Å². The number of nitrogens with one attached hydrogen (secondary N) is 2. The Kier molecular flexibility index (Phi) is 9.39. The van der Waals surface area contributed by atoms with E-state index >= 15 is 0 Å². The third kappa shape index (κ3) is 7.71. The fraction of sp³-hybridized carbons (Fsp3) is 0.550. The summed E-state index contributed by atoms with van der Waals surface area (Å²) < 4.78 is 15.6. The first-order valence-electron chi connectivity index (χ1n) is 9.72. The molecule has 2 N–H and O–H groups in total. The number of anilines is 1. The lowest BCUT2D eigenvalue weighted by molar-refractivity contribution is -0.148. The second-order valence-corrected chi connectivity index (χ2v) is 6.62. The molecule has 0 radical (unpaired) electrons. The Labute approximate surface area is 170 Å². The molecule has 1 aromatic rings. The minimum Gasteiger partial charge on any atom is -0.491 e. The maximum atomic E-state index is 12.5. The normalized spacial score (nSPS) is 16.8. The molecule has 1 aliphatic rings. The number of nitrogens with zero attached hydrogens (tertiary/aromatic N) is 1. The topological polar surface area (TPSA) is 106 Å². The molecule has 29 heavy (non-hydrogen) atoms. The van der Waals surface area contributed by atoms with Crippen molar-refractivity contribution in [2.24, 2.45) is 0 Å². The van der Waals surface area contributed by atoms with Crippen LogP contribution in [0.1, 0.15) is 19.8 Å². The molecule has 1 aliphatic heterocycles. The van der Waals surface area contributed by atoms with Gasteiger partial charge in [-0.15, -0.1) is 0 Å². The largest absolute Gasteiger partial charge is 0.491 e. The molecule has 0 aliphatic carbocycles. The first-order valence-corrected chi connectivity index (χ1v) is 9.72. The predicted molar refractivity (Wildman–Crippen MR) is 107 cm³/mol. The van der Waals surface area contributed by atoms with E-state index in [1.807, 2.05) is 6.92 Å². The van der Waals surface area contributed by atoms with Crippen LogP contribution in [0.5, 0.6) is 5.75 Å². The molecule has 2 amide bonds. The van der Waals surface area contributed by atoms with Gasteiger partial charge in [-0.3, -0.25) is 19.3 Å². The van der Waals surface area contributed by atoms with Crippen LogP contribution in [0.3, 0.4) is 0 Å². The van der Waals surface area contributed by atoms with Gasteiger partial charge in [-0.05, 0) is 18.6 Å². The van der Waals surface area contributed by atoms with E-state index in [9.17, 15) is 14.4 Å². The fourth-order valence-electron chi connectivity index (χ4n) is 2.90. The first-order chi connectivity index (χ1) is 14.0. The van der Waals surface area contributed by atoms with E-state index in [1.54, 1.807) is 36.3 Å². The van der Waals surface area contributed by atoms with Crippen molar-refractivity contribution in [1.82, 2.24) is 10.2 Å². The molecule has 9 heteroatoms. The number of carbonyl (C=O) groups excluding carboxylic acids is 3. The molecule has 1 atom stereocenters. The van der Waals surface area contributed by atoms with Crippen LogP contribution in [0.15, 0.2) is 24.3 Å². The number of esters is 1. The number of amides is 2. The van der Waals surface area contributed by atoms with Crippen molar-refractivity contribution in [2.45, 2.75) is 25.8 Å². The van der Waals surface area contributed by atoms with Crippen molar-refractivity contribution in [3.05, 3.63) is 24.3 Å². The first kappa shape index (κ1) is 22.6. The summed E-state index contributed by atoms with van der Waals surface area (Å²) in [7, 11) is 1.59. The highest BCUT2D eigenvalue weighted by Gasteiger charge is 2.33. The summed E-state index contributed by atoms with van der Waals surface area (Å²) in [5, 5.41) is 5.53. The number of ether oxygens (including phenoxy) is 3. The van der Waals surface area contributed by atoms with E-state index in [4.69, 9.17) is 14.2 Å². The molecule has 0 aromatic heterocycles. The summed E-state index contributed by atoms with van der Waals surface area (Å²) in [6.45, 7) is 3.99. The third-order valence-corrected chi connectivity index (χ3v) is 4.29. The Balaban J connectivity index is 1.92.